The molecule has 2 bridgehead atoms. The van der Waals surface area contributed by atoms with Crippen molar-refractivity contribution in [2.45, 2.75) is 45.6 Å². The molecule has 3 unspecified atom stereocenters. The summed E-state index contributed by atoms with van der Waals surface area (Å²) in [6.45, 7) is 6.74. The predicted octanol–water partition coefficient (Wildman–Crippen LogP) is 3.31. The van der Waals surface area contributed by atoms with E-state index in [1.165, 1.54) is 5.56 Å². The van der Waals surface area contributed by atoms with Crippen LogP contribution >= 0.6 is 0 Å². The van der Waals surface area contributed by atoms with Gasteiger partial charge in [-0.15, -0.1) is 0 Å². The van der Waals surface area contributed by atoms with Crippen LogP contribution in [-0.2, 0) is 11.2 Å². The Morgan fingerprint density at radius 3 is 2.50 bits per heavy atom. The highest BCUT2D eigenvalue weighted by atomic mass is 16.1. The first-order valence-electron chi connectivity index (χ1n) is 8.02. The molecule has 1 aromatic rings. The van der Waals surface area contributed by atoms with E-state index in [2.05, 4.69) is 43.0 Å². The number of carbonyl (C=O) groups excluding carboxylic acids is 1. The molecule has 2 heteroatoms. The summed E-state index contributed by atoms with van der Waals surface area (Å²) in [4.78, 5) is 15.3. The van der Waals surface area contributed by atoms with Crippen LogP contribution in [0.4, 0.5) is 0 Å². The maximum atomic E-state index is 12.9. The predicted molar refractivity (Wildman–Crippen MR) is 81.6 cm³/mol. The molecule has 0 saturated carbocycles. The summed E-state index contributed by atoms with van der Waals surface area (Å²) < 4.78 is 0. The Bertz CT molecular complexity index is 477. The Morgan fingerprint density at radius 1 is 1.20 bits per heavy atom. The average Bonchev–Trinajstić information content (AvgIpc) is 2.51. The molecule has 3 atom stereocenters. The van der Waals surface area contributed by atoms with Gasteiger partial charge in [-0.1, -0.05) is 44.2 Å². The topological polar surface area (TPSA) is 20.3 Å². The van der Waals surface area contributed by atoms with Gasteiger partial charge in [0.2, 0.25) is 0 Å². The van der Waals surface area contributed by atoms with E-state index in [9.17, 15) is 4.79 Å². The van der Waals surface area contributed by atoms with Gasteiger partial charge in [-0.25, -0.2) is 0 Å². The van der Waals surface area contributed by atoms with Crippen LogP contribution in [0, 0.1) is 11.3 Å². The number of ketones is 1. The van der Waals surface area contributed by atoms with Gasteiger partial charge in [0.15, 0.2) is 5.78 Å². The third-order valence-corrected chi connectivity index (χ3v) is 5.75. The van der Waals surface area contributed by atoms with Crippen LogP contribution in [0.5, 0.6) is 0 Å². The Kier molecular flexibility index (Phi) is 3.68. The summed E-state index contributed by atoms with van der Waals surface area (Å²) in [5, 5.41) is 0. The van der Waals surface area contributed by atoms with Crippen LogP contribution in [0.25, 0.3) is 0 Å². The zero-order valence-corrected chi connectivity index (χ0v) is 12.6. The van der Waals surface area contributed by atoms with Crippen LogP contribution in [0.1, 0.15) is 38.7 Å². The first-order chi connectivity index (χ1) is 9.70. The molecule has 4 rings (SSSR count). The number of benzene rings is 1. The van der Waals surface area contributed by atoms with Gasteiger partial charge in [-0.2, -0.15) is 0 Å². The van der Waals surface area contributed by atoms with E-state index in [0.29, 0.717) is 11.7 Å². The normalized spacial score (nSPS) is 31.5. The van der Waals surface area contributed by atoms with Crippen LogP contribution in [0.15, 0.2) is 30.3 Å². The Morgan fingerprint density at radius 2 is 1.90 bits per heavy atom. The summed E-state index contributed by atoms with van der Waals surface area (Å²) in [6, 6.07) is 10.6. The molecule has 0 N–H and O–H groups in total. The van der Waals surface area contributed by atoms with Crippen molar-refractivity contribution < 1.29 is 4.79 Å². The number of fused-ring (bicyclic) bond motifs is 3. The summed E-state index contributed by atoms with van der Waals surface area (Å²) >= 11 is 0. The number of carbonyl (C=O) groups is 1. The number of rotatable bonds is 4. The van der Waals surface area contributed by atoms with Crippen molar-refractivity contribution in [2.24, 2.45) is 11.3 Å². The lowest BCUT2D eigenvalue weighted by Gasteiger charge is -2.55. The molecular formula is C18H25NO. The Hall–Kier alpha value is -1.15. The van der Waals surface area contributed by atoms with E-state index in [4.69, 9.17) is 0 Å². The van der Waals surface area contributed by atoms with Gasteiger partial charge in [0, 0.05) is 12.5 Å². The summed E-state index contributed by atoms with van der Waals surface area (Å²) in [7, 11) is 0. The summed E-state index contributed by atoms with van der Waals surface area (Å²) in [5.74, 6) is 0.811. The van der Waals surface area contributed by atoms with Crippen molar-refractivity contribution in [1.29, 1.82) is 0 Å². The van der Waals surface area contributed by atoms with Crippen molar-refractivity contribution in [3.8, 4) is 0 Å². The molecule has 2 nitrogen and oxygen atoms in total. The Labute approximate surface area is 122 Å². The minimum absolute atomic E-state index is 0.127. The quantitative estimate of drug-likeness (QED) is 0.837. The molecule has 3 saturated heterocycles. The van der Waals surface area contributed by atoms with Gasteiger partial charge in [0.1, 0.15) is 0 Å². The molecule has 0 aliphatic carbocycles. The fourth-order valence-corrected chi connectivity index (χ4v) is 4.35. The number of nitrogens with zero attached hydrogens (tertiary/aromatic N) is 1. The molecule has 3 heterocycles. The maximum Gasteiger partial charge on any atom is 0.154 e. The van der Waals surface area contributed by atoms with Gasteiger partial charge in [0.05, 0.1) is 6.04 Å². The first kappa shape index (κ1) is 13.8. The maximum absolute atomic E-state index is 12.9. The van der Waals surface area contributed by atoms with E-state index >= 15 is 0 Å². The zero-order valence-electron chi connectivity index (χ0n) is 12.6. The standard InChI is InChI=1S/C18H25NO/c1-3-18(4-2)13-19-11-10-15(18)17(20)16(19)12-14-8-6-5-7-9-14/h5-9,15-16H,3-4,10-13H2,1-2H3. The van der Waals surface area contributed by atoms with Crippen LogP contribution < -0.4 is 0 Å². The Balaban J connectivity index is 1.82. The zero-order chi connectivity index (χ0) is 14.2. The molecule has 3 aliphatic rings. The van der Waals surface area contributed by atoms with E-state index in [-0.39, 0.29) is 11.5 Å². The van der Waals surface area contributed by atoms with Crippen molar-refractivity contribution >= 4 is 5.78 Å². The third kappa shape index (κ3) is 2.10. The fraction of sp³-hybridized carbons (Fsp3) is 0.611. The highest BCUT2D eigenvalue weighted by molar-refractivity contribution is 5.89. The van der Waals surface area contributed by atoms with Gasteiger partial charge in [-0.05, 0) is 43.2 Å². The second kappa shape index (κ2) is 5.33. The second-order valence-electron chi connectivity index (χ2n) is 6.49. The molecule has 20 heavy (non-hydrogen) atoms. The van der Waals surface area contributed by atoms with Crippen LogP contribution in [0.3, 0.4) is 0 Å². The molecule has 108 valence electrons. The molecule has 3 fully saturated rings. The molecule has 0 amide bonds. The first-order valence-corrected chi connectivity index (χ1v) is 8.02. The number of Topliss-reactive ketones (excluding diaryl/α,β-unsaturated/α-hetero) is 1. The largest absolute Gasteiger partial charge is 0.298 e. The minimum atomic E-state index is 0.127. The smallest absolute Gasteiger partial charge is 0.154 e. The SMILES string of the molecule is CCC1(CC)CN2CCC1C(=O)C2Cc1ccccc1. The van der Waals surface area contributed by atoms with Crippen molar-refractivity contribution in [1.82, 2.24) is 4.90 Å². The molecule has 0 radical (unpaired) electrons. The van der Waals surface area contributed by atoms with Gasteiger partial charge < -0.3 is 0 Å². The molecule has 1 aromatic carbocycles. The molecule has 3 aliphatic heterocycles. The summed E-state index contributed by atoms with van der Waals surface area (Å²) in [6.07, 6.45) is 4.23. The third-order valence-electron chi connectivity index (χ3n) is 5.75. The van der Waals surface area contributed by atoms with E-state index in [1.807, 2.05) is 6.07 Å². The van der Waals surface area contributed by atoms with E-state index in [0.717, 1.165) is 38.8 Å². The minimum Gasteiger partial charge on any atom is -0.298 e. The second-order valence-corrected chi connectivity index (χ2v) is 6.49. The molecular weight excluding hydrogens is 246 g/mol. The van der Waals surface area contributed by atoms with E-state index < -0.39 is 0 Å². The van der Waals surface area contributed by atoms with Crippen LogP contribution in [-0.4, -0.2) is 29.8 Å². The van der Waals surface area contributed by atoms with Crippen molar-refractivity contribution in [3.63, 3.8) is 0 Å². The lowest BCUT2D eigenvalue weighted by molar-refractivity contribution is -0.151. The van der Waals surface area contributed by atoms with Gasteiger partial charge >= 0.3 is 0 Å². The van der Waals surface area contributed by atoms with Gasteiger partial charge in [0.25, 0.3) is 0 Å². The fourth-order valence-electron chi connectivity index (χ4n) is 4.35. The van der Waals surface area contributed by atoms with E-state index in [1.54, 1.807) is 0 Å². The van der Waals surface area contributed by atoms with Crippen molar-refractivity contribution in [2.75, 3.05) is 13.1 Å². The lowest BCUT2D eigenvalue weighted by atomic mass is 9.61. The van der Waals surface area contributed by atoms with Gasteiger partial charge in [-0.3, -0.25) is 9.69 Å². The average molecular weight is 271 g/mol. The number of hydrogen-bond acceptors (Lipinski definition) is 2. The monoisotopic (exact) mass is 271 g/mol. The lowest BCUT2D eigenvalue weighted by Crippen LogP contribution is -2.64. The van der Waals surface area contributed by atoms with Crippen LogP contribution in [0.2, 0.25) is 0 Å². The molecule has 0 aromatic heterocycles. The number of piperidine rings is 3. The highest BCUT2D eigenvalue weighted by Gasteiger charge is 2.53. The highest BCUT2D eigenvalue weighted by Crippen LogP contribution is 2.47. The van der Waals surface area contributed by atoms with Crippen molar-refractivity contribution in [3.05, 3.63) is 35.9 Å². The summed E-state index contributed by atoms with van der Waals surface area (Å²) in [5.41, 5.74) is 1.54. The molecule has 0 spiro atoms. The number of hydrogen-bond donors (Lipinski definition) is 0.